The number of nitrogens with zero attached hydrogens (tertiary/aromatic N) is 1. The zero-order valence-electron chi connectivity index (χ0n) is 10.1. The van der Waals surface area contributed by atoms with Crippen molar-refractivity contribution in [3.8, 4) is 0 Å². The first-order chi connectivity index (χ1) is 7.25. The monoisotopic (exact) mass is 205 g/mol. The van der Waals surface area contributed by atoms with Gasteiger partial charge in [0.05, 0.1) is 0 Å². The molecule has 1 saturated heterocycles. The van der Waals surface area contributed by atoms with E-state index >= 15 is 0 Å². The number of piperidine rings is 1. The smallest absolute Gasteiger partial charge is 0.00190 e. The molecule has 0 aromatic heterocycles. The Morgan fingerprint density at radius 3 is 2.53 bits per heavy atom. The third kappa shape index (κ3) is 2.94. The normalized spacial score (nSPS) is 24.9. The molecule has 0 amide bonds. The molecule has 0 bridgehead atoms. The molecule has 1 heterocycles. The molecule has 0 N–H and O–H groups in total. The highest BCUT2D eigenvalue weighted by molar-refractivity contribution is 5.22. The highest BCUT2D eigenvalue weighted by Crippen LogP contribution is 2.29. The van der Waals surface area contributed by atoms with Gasteiger partial charge in [-0.2, -0.15) is 0 Å². The first-order valence-electron chi connectivity index (χ1n) is 6.26. The zero-order valence-corrected chi connectivity index (χ0v) is 10.1. The van der Waals surface area contributed by atoms with Crippen LogP contribution in [0.3, 0.4) is 0 Å². The molecule has 84 valence electrons. The van der Waals surface area contributed by atoms with Gasteiger partial charge in [0.15, 0.2) is 0 Å². The Hall–Kier alpha value is -0.560. The molecule has 0 spiro atoms. The summed E-state index contributed by atoms with van der Waals surface area (Å²) in [7, 11) is 2.24. The summed E-state index contributed by atoms with van der Waals surface area (Å²) in [6.07, 6.45) is 11.2. The van der Waals surface area contributed by atoms with E-state index in [1.165, 1.54) is 45.2 Å². The Kier molecular flexibility index (Phi) is 3.63. The molecule has 1 fully saturated rings. The van der Waals surface area contributed by atoms with Crippen LogP contribution in [0.2, 0.25) is 0 Å². The van der Waals surface area contributed by atoms with Crippen LogP contribution in [0.4, 0.5) is 0 Å². The van der Waals surface area contributed by atoms with E-state index in [4.69, 9.17) is 0 Å². The van der Waals surface area contributed by atoms with E-state index < -0.39 is 0 Å². The van der Waals surface area contributed by atoms with E-state index in [9.17, 15) is 0 Å². The van der Waals surface area contributed by atoms with Crippen LogP contribution >= 0.6 is 0 Å². The van der Waals surface area contributed by atoms with Gasteiger partial charge in [-0.05, 0) is 65.1 Å². The minimum atomic E-state index is 0.956. The Labute approximate surface area is 93.9 Å². The topological polar surface area (TPSA) is 3.24 Å². The van der Waals surface area contributed by atoms with E-state index in [1.54, 1.807) is 11.1 Å². The van der Waals surface area contributed by atoms with E-state index in [0.717, 1.165) is 5.92 Å². The fraction of sp³-hybridized carbons (Fsp3) is 0.714. The Morgan fingerprint density at radius 2 is 1.87 bits per heavy atom. The van der Waals surface area contributed by atoms with Crippen molar-refractivity contribution in [2.45, 2.75) is 39.0 Å². The third-order valence-corrected chi connectivity index (χ3v) is 3.93. The van der Waals surface area contributed by atoms with Crippen molar-refractivity contribution in [3.05, 3.63) is 23.3 Å². The van der Waals surface area contributed by atoms with Crippen LogP contribution < -0.4 is 0 Å². The molecule has 0 aromatic rings. The largest absolute Gasteiger partial charge is 0.306 e. The number of hydrogen-bond acceptors (Lipinski definition) is 1. The van der Waals surface area contributed by atoms with Gasteiger partial charge in [-0.15, -0.1) is 0 Å². The predicted molar refractivity (Wildman–Crippen MR) is 65.9 cm³/mol. The molecule has 0 unspecified atom stereocenters. The second-order valence-electron chi connectivity index (χ2n) is 5.21. The lowest BCUT2D eigenvalue weighted by molar-refractivity contribution is 0.218. The summed E-state index contributed by atoms with van der Waals surface area (Å²) in [6, 6.07) is 0. The Balaban J connectivity index is 1.86. The van der Waals surface area contributed by atoms with Crippen molar-refractivity contribution in [1.29, 1.82) is 0 Å². The second kappa shape index (κ2) is 4.98. The van der Waals surface area contributed by atoms with Gasteiger partial charge in [0, 0.05) is 0 Å². The van der Waals surface area contributed by atoms with Gasteiger partial charge in [0.1, 0.15) is 0 Å². The molecule has 1 aliphatic heterocycles. The van der Waals surface area contributed by atoms with Crippen LogP contribution in [0.1, 0.15) is 39.0 Å². The SMILES string of the molecule is CC1=C(CC2CCN(C)CC2)CC=CC1. The van der Waals surface area contributed by atoms with Crippen LogP contribution in [0.25, 0.3) is 0 Å². The van der Waals surface area contributed by atoms with Crippen LogP contribution in [0.15, 0.2) is 23.3 Å². The zero-order chi connectivity index (χ0) is 10.7. The summed E-state index contributed by atoms with van der Waals surface area (Å²) in [5.74, 6) is 0.956. The van der Waals surface area contributed by atoms with Gasteiger partial charge in [-0.25, -0.2) is 0 Å². The maximum absolute atomic E-state index is 2.46. The van der Waals surface area contributed by atoms with Crippen LogP contribution in [-0.4, -0.2) is 25.0 Å². The molecular weight excluding hydrogens is 182 g/mol. The maximum atomic E-state index is 2.46. The first-order valence-corrected chi connectivity index (χ1v) is 6.26. The predicted octanol–water partition coefficient (Wildman–Crippen LogP) is 3.38. The average molecular weight is 205 g/mol. The van der Waals surface area contributed by atoms with E-state index in [0.29, 0.717) is 0 Å². The molecule has 0 saturated carbocycles. The number of allylic oxidation sites excluding steroid dienone is 4. The molecule has 1 heteroatoms. The lowest BCUT2D eigenvalue weighted by atomic mass is 9.85. The maximum Gasteiger partial charge on any atom is -0.00190 e. The first kappa shape index (κ1) is 10.9. The molecule has 2 rings (SSSR count). The van der Waals surface area contributed by atoms with Crippen molar-refractivity contribution in [2.75, 3.05) is 20.1 Å². The molecule has 2 aliphatic rings. The fourth-order valence-corrected chi connectivity index (χ4v) is 2.68. The molecular formula is C14H23N. The summed E-state index contributed by atoms with van der Waals surface area (Å²) in [4.78, 5) is 2.46. The van der Waals surface area contributed by atoms with Crippen molar-refractivity contribution >= 4 is 0 Å². The molecule has 0 aromatic carbocycles. The number of hydrogen-bond donors (Lipinski definition) is 0. The van der Waals surface area contributed by atoms with Gasteiger partial charge in [-0.3, -0.25) is 0 Å². The number of rotatable bonds is 2. The molecule has 15 heavy (non-hydrogen) atoms. The quantitative estimate of drug-likeness (QED) is 0.625. The lowest BCUT2D eigenvalue weighted by Gasteiger charge is -2.30. The molecule has 0 radical (unpaired) electrons. The average Bonchev–Trinajstić information content (AvgIpc) is 2.25. The highest BCUT2D eigenvalue weighted by Gasteiger charge is 2.18. The van der Waals surface area contributed by atoms with E-state index in [1.807, 2.05) is 0 Å². The Morgan fingerprint density at radius 1 is 1.20 bits per heavy atom. The fourth-order valence-electron chi connectivity index (χ4n) is 2.68. The lowest BCUT2D eigenvalue weighted by Crippen LogP contribution is -2.30. The van der Waals surface area contributed by atoms with Gasteiger partial charge >= 0.3 is 0 Å². The summed E-state index contributed by atoms with van der Waals surface area (Å²) in [6.45, 7) is 4.91. The minimum Gasteiger partial charge on any atom is -0.306 e. The third-order valence-electron chi connectivity index (χ3n) is 3.93. The van der Waals surface area contributed by atoms with Crippen LogP contribution in [0, 0.1) is 5.92 Å². The Bertz CT molecular complexity index is 267. The van der Waals surface area contributed by atoms with Gasteiger partial charge in [-0.1, -0.05) is 23.3 Å². The summed E-state index contributed by atoms with van der Waals surface area (Å²) < 4.78 is 0. The van der Waals surface area contributed by atoms with Crippen molar-refractivity contribution < 1.29 is 0 Å². The second-order valence-corrected chi connectivity index (χ2v) is 5.21. The van der Waals surface area contributed by atoms with Gasteiger partial charge in [0.2, 0.25) is 0 Å². The highest BCUT2D eigenvalue weighted by atomic mass is 15.1. The van der Waals surface area contributed by atoms with Crippen molar-refractivity contribution in [1.82, 2.24) is 4.90 Å². The minimum absolute atomic E-state index is 0.956. The molecule has 1 nitrogen and oxygen atoms in total. The summed E-state index contributed by atoms with van der Waals surface area (Å²) >= 11 is 0. The van der Waals surface area contributed by atoms with Crippen LogP contribution in [-0.2, 0) is 0 Å². The molecule has 1 aliphatic carbocycles. The van der Waals surface area contributed by atoms with Crippen molar-refractivity contribution in [2.24, 2.45) is 5.92 Å². The van der Waals surface area contributed by atoms with Gasteiger partial charge < -0.3 is 4.90 Å². The molecule has 0 atom stereocenters. The standard InChI is InChI=1S/C14H23N/c1-12-5-3-4-6-14(12)11-13-7-9-15(2)10-8-13/h3-4,13H,5-11H2,1-2H3. The van der Waals surface area contributed by atoms with Gasteiger partial charge in [0.25, 0.3) is 0 Å². The number of likely N-dealkylation sites (tertiary alicyclic amines) is 1. The summed E-state index contributed by atoms with van der Waals surface area (Å²) in [5, 5.41) is 0. The van der Waals surface area contributed by atoms with E-state index in [2.05, 4.69) is 31.0 Å². The van der Waals surface area contributed by atoms with Crippen molar-refractivity contribution in [3.63, 3.8) is 0 Å². The van der Waals surface area contributed by atoms with Crippen LogP contribution in [0.5, 0.6) is 0 Å². The van der Waals surface area contributed by atoms with E-state index in [-0.39, 0.29) is 0 Å². The summed E-state index contributed by atoms with van der Waals surface area (Å²) in [5.41, 5.74) is 3.36.